The van der Waals surface area contributed by atoms with Gasteiger partial charge in [0, 0.05) is 12.6 Å². The molecule has 3 nitrogen and oxygen atoms in total. The predicted molar refractivity (Wildman–Crippen MR) is 135 cm³/mol. The van der Waals surface area contributed by atoms with Crippen LogP contribution in [0.2, 0.25) is 0 Å². The van der Waals surface area contributed by atoms with Crippen molar-refractivity contribution >= 4 is 22.8 Å². The van der Waals surface area contributed by atoms with Crippen molar-refractivity contribution in [1.29, 1.82) is 0 Å². The zero-order valence-electron chi connectivity index (χ0n) is 18.8. The highest BCUT2D eigenvalue weighted by Gasteiger charge is 2.32. The van der Waals surface area contributed by atoms with Crippen LogP contribution in [0.1, 0.15) is 32.6 Å². The normalized spacial score (nSPS) is 13.0. The molecule has 0 N–H and O–H groups in total. The average Bonchev–Trinajstić information content (AvgIpc) is 3.30. The van der Waals surface area contributed by atoms with Gasteiger partial charge in [0.15, 0.2) is 0 Å². The summed E-state index contributed by atoms with van der Waals surface area (Å²) in [5, 5.41) is 1.95. The van der Waals surface area contributed by atoms with Gasteiger partial charge in [-0.05, 0) is 58.0 Å². The van der Waals surface area contributed by atoms with Gasteiger partial charge in [0.2, 0.25) is 0 Å². The summed E-state index contributed by atoms with van der Waals surface area (Å²) in [5.74, 6) is 0.615. The Morgan fingerprint density at radius 1 is 0.970 bits per heavy atom. The van der Waals surface area contributed by atoms with Gasteiger partial charge in [-0.15, -0.1) is 0 Å². The van der Waals surface area contributed by atoms with E-state index in [0.29, 0.717) is 17.9 Å². The largest absolute Gasteiger partial charge is 0.496 e. The summed E-state index contributed by atoms with van der Waals surface area (Å²) >= 11 is 0. The molecule has 0 saturated carbocycles. The van der Waals surface area contributed by atoms with Gasteiger partial charge in [-0.25, -0.2) is 0 Å². The second-order valence-electron chi connectivity index (χ2n) is 8.58. The molecule has 4 aromatic rings. The Balaban J connectivity index is 1.59. The van der Waals surface area contributed by atoms with Gasteiger partial charge in [0.1, 0.15) is 5.75 Å². The van der Waals surface area contributed by atoms with Gasteiger partial charge in [0.05, 0.1) is 12.7 Å². The minimum atomic E-state index is 0.00506. The predicted octanol–water partition coefficient (Wildman–Crippen LogP) is 6.30. The molecule has 5 rings (SSSR count). The highest BCUT2D eigenvalue weighted by molar-refractivity contribution is 6.09. The van der Waals surface area contributed by atoms with E-state index in [0.717, 1.165) is 34.7 Å². The van der Waals surface area contributed by atoms with Gasteiger partial charge in [-0.3, -0.25) is 4.79 Å². The van der Waals surface area contributed by atoms with Gasteiger partial charge in [-0.1, -0.05) is 85.5 Å². The summed E-state index contributed by atoms with van der Waals surface area (Å²) in [6, 6.07) is 28.8. The Morgan fingerprint density at radius 2 is 1.70 bits per heavy atom. The molecule has 1 aliphatic rings. The molecular formula is C30H27NO2. The first-order chi connectivity index (χ1) is 16.2. The van der Waals surface area contributed by atoms with Gasteiger partial charge >= 0.3 is 0 Å². The summed E-state index contributed by atoms with van der Waals surface area (Å²) < 4.78 is 5.68. The number of carbonyl (C=O) groups excluding carboxylic acids is 1. The van der Waals surface area contributed by atoms with Crippen LogP contribution in [0.5, 0.6) is 5.75 Å². The van der Waals surface area contributed by atoms with Crippen LogP contribution in [0.4, 0.5) is 0 Å². The zero-order chi connectivity index (χ0) is 22.8. The Bertz CT molecular complexity index is 1320. The van der Waals surface area contributed by atoms with Crippen LogP contribution < -0.4 is 4.74 Å². The van der Waals surface area contributed by atoms with Crippen LogP contribution in [0.15, 0.2) is 91.5 Å². The molecule has 0 atom stereocenters. The Kier molecular flexibility index (Phi) is 5.70. The van der Waals surface area contributed by atoms with Crippen LogP contribution >= 0.6 is 0 Å². The van der Waals surface area contributed by atoms with Crippen LogP contribution in [0, 0.1) is 0 Å². The van der Waals surface area contributed by atoms with E-state index in [4.69, 9.17) is 4.74 Å². The topological polar surface area (TPSA) is 29.5 Å². The lowest BCUT2D eigenvalue weighted by Gasteiger charge is -2.30. The first-order valence-electron chi connectivity index (χ1n) is 11.3. The summed E-state index contributed by atoms with van der Waals surface area (Å²) in [5.41, 5.74) is 5.43. The Labute approximate surface area is 194 Å². The van der Waals surface area contributed by atoms with E-state index in [1.54, 1.807) is 7.11 Å². The van der Waals surface area contributed by atoms with E-state index in [2.05, 4.69) is 43.0 Å². The van der Waals surface area contributed by atoms with E-state index >= 15 is 0 Å². The smallest absolute Gasteiger partial charge is 0.258 e. The second kappa shape index (κ2) is 8.95. The highest BCUT2D eigenvalue weighted by Crippen LogP contribution is 2.33. The molecule has 164 valence electrons. The van der Waals surface area contributed by atoms with Gasteiger partial charge in [0.25, 0.3) is 5.91 Å². The van der Waals surface area contributed by atoms with Crippen LogP contribution in [0.3, 0.4) is 0 Å². The molecule has 0 spiro atoms. The summed E-state index contributed by atoms with van der Waals surface area (Å²) in [6.07, 6.45) is 3.56. The van der Waals surface area contributed by atoms with Gasteiger partial charge < -0.3 is 9.64 Å². The van der Waals surface area contributed by atoms with Crippen molar-refractivity contribution in [3.8, 4) is 5.75 Å². The molecule has 0 bridgehead atoms. The number of carbonyl (C=O) groups is 1. The van der Waals surface area contributed by atoms with Crippen LogP contribution in [-0.4, -0.2) is 24.0 Å². The van der Waals surface area contributed by atoms with Crippen molar-refractivity contribution in [1.82, 2.24) is 4.90 Å². The first kappa shape index (κ1) is 21.0. The molecule has 0 aliphatic heterocycles. The number of ether oxygens (including phenoxy) is 1. The van der Waals surface area contributed by atoms with E-state index in [1.807, 2.05) is 59.5 Å². The molecule has 0 saturated heterocycles. The lowest BCUT2D eigenvalue weighted by atomic mass is 10.0. The standard InChI is InChI=1S/C30H27NO2/c1-3-21-9-8-10-22(17-21)20-31(26-18-24-12-4-5-13-25(24)19-26)30(32)29-27-14-7-6-11-23(27)15-16-28(29)33-2/h3-17,26H,1,18-20H2,2H3. The van der Waals surface area contributed by atoms with Gasteiger partial charge in [-0.2, -0.15) is 0 Å². The fourth-order valence-corrected chi connectivity index (χ4v) is 4.92. The summed E-state index contributed by atoms with van der Waals surface area (Å²) in [7, 11) is 1.63. The maximum Gasteiger partial charge on any atom is 0.258 e. The van der Waals surface area contributed by atoms with Crippen LogP contribution in [-0.2, 0) is 19.4 Å². The van der Waals surface area contributed by atoms with Crippen molar-refractivity contribution in [2.75, 3.05) is 7.11 Å². The minimum absolute atomic E-state index is 0.00506. The molecule has 0 unspecified atom stereocenters. The molecule has 0 aromatic heterocycles. The van der Waals surface area contributed by atoms with Crippen molar-refractivity contribution < 1.29 is 9.53 Å². The van der Waals surface area contributed by atoms with E-state index < -0.39 is 0 Å². The third kappa shape index (κ3) is 4.03. The molecule has 3 heteroatoms. The lowest BCUT2D eigenvalue weighted by Crippen LogP contribution is -2.40. The molecule has 1 aliphatic carbocycles. The van der Waals surface area contributed by atoms with Crippen molar-refractivity contribution in [3.05, 3.63) is 119 Å². The first-order valence-corrected chi connectivity index (χ1v) is 11.3. The number of hydrogen-bond donors (Lipinski definition) is 0. The summed E-state index contributed by atoms with van der Waals surface area (Å²) in [4.78, 5) is 16.3. The minimum Gasteiger partial charge on any atom is -0.496 e. The molecule has 1 amide bonds. The molecule has 0 fully saturated rings. The fourth-order valence-electron chi connectivity index (χ4n) is 4.92. The second-order valence-corrected chi connectivity index (χ2v) is 8.58. The quantitative estimate of drug-likeness (QED) is 0.357. The highest BCUT2D eigenvalue weighted by atomic mass is 16.5. The monoisotopic (exact) mass is 433 g/mol. The Morgan fingerprint density at radius 3 is 2.42 bits per heavy atom. The number of amides is 1. The maximum absolute atomic E-state index is 14.3. The number of methoxy groups -OCH3 is 1. The number of benzene rings is 4. The number of fused-ring (bicyclic) bond motifs is 2. The number of rotatable bonds is 6. The number of nitrogens with zero attached hydrogens (tertiary/aromatic N) is 1. The van der Waals surface area contributed by atoms with Crippen LogP contribution in [0.25, 0.3) is 16.8 Å². The molecule has 0 heterocycles. The molecule has 0 radical (unpaired) electrons. The third-order valence-electron chi connectivity index (χ3n) is 6.60. The SMILES string of the molecule is C=Cc1cccc(CN(C(=O)c2c(OC)ccc3ccccc23)C2Cc3ccccc3C2)c1. The van der Waals surface area contributed by atoms with Crippen molar-refractivity contribution in [3.63, 3.8) is 0 Å². The maximum atomic E-state index is 14.3. The van der Waals surface area contributed by atoms with Crippen molar-refractivity contribution in [2.24, 2.45) is 0 Å². The summed E-state index contributed by atoms with van der Waals surface area (Å²) in [6.45, 7) is 4.43. The Hall–Kier alpha value is -3.85. The third-order valence-corrected chi connectivity index (χ3v) is 6.60. The zero-order valence-corrected chi connectivity index (χ0v) is 18.8. The average molecular weight is 434 g/mol. The van der Waals surface area contributed by atoms with E-state index in [9.17, 15) is 4.79 Å². The molecular weight excluding hydrogens is 406 g/mol. The van der Waals surface area contributed by atoms with E-state index in [-0.39, 0.29) is 11.9 Å². The molecule has 4 aromatic carbocycles. The van der Waals surface area contributed by atoms with Crippen molar-refractivity contribution in [2.45, 2.75) is 25.4 Å². The molecule has 33 heavy (non-hydrogen) atoms. The number of hydrogen-bond acceptors (Lipinski definition) is 2. The van der Waals surface area contributed by atoms with E-state index in [1.165, 1.54) is 11.1 Å². The lowest BCUT2D eigenvalue weighted by molar-refractivity contribution is 0.0666. The fraction of sp³-hybridized carbons (Fsp3) is 0.167.